The van der Waals surface area contributed by atoms with Crippen molar-refractivity contribution in [3.8, 4) is 0 Å². The number of benzene rings is 1. The van der Waals surface area contributed by atoms with Gasteiger partial charge in [0.15, 0.2) is 5.82 Å². The number of amides is 1. The second-order valence-electron chi connectivity index (χ2n) is 7.80. The molecule has 1 aromatic heterocycles. The molecular formula is C20H24ClFN4O3. The fourth-order valence-corrected chi connectivity index (χ4v) is 4.54. The molecule has 156 valence electrons. The summed E-state index contributed by atoms with van der Waals surface area (Å²) >= 11 is 6.10. The van der Waals surface area contributed by atoms with Crippen LogP contribution >= 0.6 is 11.6 Å². The molecule has 2 aromatic rings. The molecule has 0 spiro atoms. The molecule has 0 aliphatic carbocycles. The van der Waals surface area contributed by atoms with E-state index < -0.39 is 6.10 Å². The number of likely N-dealkylation sites (tertiary alicyclic amines) is 2. The number of nitrogens with zero attached hydrogens (tertiary/aromatic N) is 4. The van der Waals surface area contributed by atoms with E-state index >= 15 is 0 Å². The number of aliphatic hydroxyl groups excluding tert-OH is 1. The molecule has 7 nitrogen and oxygen atoms in total. The summed E-state index contributed by atoms with van der Waals surface area (Å²) in [7, 11) is 0. The van der Waals surface area contributed by atoms with Gasteiger partial charge in [0.1, 0.15) is 5.82 Å². The van der Waals surface area contributed by atoms with E-state index in [0.717, 1.165) is 31.5 Å². The third-order valence-electron chi connectivity index (χ3n) is 5.83. The summed E-state index contributed by atoms with van der Waals surface area (Å²) in [5, 5.41) is 14.6. The largest absolute Gasteiger partial charge is 0.392 e. The Bertz CT molecular complexity index is 884. The third kappa shape index (κ3) is 4.44. The summed E-state index contributed by atoms with van der Waals surface area (Å²) < 4.78 is 18.8. The molecule has 29 heavy (non-hydrogen) atoms. The maximum absolute atomic E-state index is 13.2. The lowest BCUT2D eigenvalue weighted by atomic mass is 10.0. The van der Waals surface area contributed by atoms with Gasteiger partial charge in [-0.3, -0.25) is 9.69 Å². The van der Waals surface area contributed by atoms with Gasteiger partial charge in [0.25, 0.3) is 0 Å². The van der Waals surface area contributed by atoms with E-state index in [1.165, 1.54) is 12.1 Å². The lowest BCUT2D eigenvalue weighted by molar-refractivity contribution is -0.130. The highest BCUT2D eigenvalue weighted by Crippen LogP contribution is 2.36. The molecule has 1 aromatic carbocycles. The van der Waals surface area contributed by atoms with Gasteiger partial charge in [-0.05, 0) is 37.0 Å². The van der Waals surface area contributed by atoms with Gasteiger partial charge in [0.05, 0.1) is 12.1 Å². The molecule has 2 aliphatic heterocycles. The van der Waals surface area contributed by atoms with Crippen LogP contribution in [-0.4, -0.2) is 62.7 Å². The van der Waals surface area contributed by atoms with Crippen LogP contribution in [0.5, 0.6) is 0 Å². The monoisotopic (exact) mass is 422 g/mol. The number of hydrogen-bond donors (Lipinski definition) is 1. The van der Waals surface area contributed by atoms with Crippen molar-refractivity contribution in [2.45, 2.75) is 50.8 Å². The van der Waals surface area contributed by atoms with E-state index in [1.807, 2.05) is 4.90 Å². The molecule has 1 N–H and O–H groups in total. The Balaban J connectivity index is 1.46. The van der Waals surface area contributed by atoms with E-state index in [0.29, 0.717) is 36.1 Å². The smallest absolute Gasteiger partial charge is 0.244 e. The van der Waals surface area contributed by atoms with E-state index in [1.54, 1.807) is 13.0 Å². The number of carbonyl (C=O) groups is 1. The van der Waals surface area contributed by atoms with Crippen LogP contribution in [0.1, 0.15) is 49.5 Å². The maximum atomic E-state index is 13.2. The van der Waals surface area contributed by atoms with E-state index in [9.17, 15) is 14.3 Å². The van der Waals surface area contributed by atoms with E-state index in [2.05, 4.69) is 15.0 Å². The zero-order valence-electron chi connectivity index (χ0n) is 16.2. The second kappa shape index (κ2) is 8.38. The first kappa shape index (κ1) is 20.3. The zero-order chi connectivity index (χ0) is 20.5. The molecule has 0 radical (unpaired) electrons. The summed E-state index contributed by atoms with van der Waals surface area (Å²) in [6.07, 6.45) is 2.14. The standard InChI is InChI=1S/C20H24ClFN4O3/c1-12(27)25-6-4-15(5-7-25)26-11-16(28)10-18(26)20-23-19(24-29-20)8-13-2-3-14(22)9-17(13)21/h2-3,9,15-16,18,28H,4-8,10-11H2,1H3. The SMILES string of the molecule is CC(=O)N1CCC(N2CC(O)CC2c2nc(Cc3ccc(F)cc3Cl)no2)CC1. The van der Waals surface area contributed by atoms with Crippen LogP contribution in [-0.2, 0) is 11.2 Å². The van der Waals surface area contributed by atoms with E-state index in [4.69, 9.17) is 16.1 Å². The molecule has 0 bridgehead atoms. The molecule has 1 amide bonds. The van der Waals surface area contributed by atoms with Gasteiger partial charge in [0.2, 0.25) is 11.8 Å². The minimum atomic E-state index is -0.451. The van der Waals surface area contributed by atoms with Gasteiger partial charge in [-0.1, -0.05) is 22.8 Å². The number of aromatic nitrogens is 2. The Morgan fingerprint density at radius 2 is 2.14 bits per heavy atom. The second-order valence-corrected chi connectivity index (χ2v) is 8.21. The van der Waals surface area contributed by atoms with Crippen LogP contribution in [0, 0.1) is 5.82 Å². The summed E-state index contributed by atoms with van der Waals surface area (Å²) in [6, 6.07) is 4.34. The quantitative estimate of drug-likeness (QED) is 0.815. The highest BCUT2D eigenvalue weighted by Gasteiger charge is 2.40. The van der Waals surface area contributed by atoms with Crippen molar-refractivity contribution in [2.75, 3.05) is 19.6 Å². The number of β-amino-alcohol motifs (C(OH)–C–C–N with tert-alkyl or cyclic N) is 1. The normalized spacial score (nSPS) is 23.7. The summed E-state index contributed by atoms with van der Waals surface area (Å²) in [5.41, 5.74) is 0.723. The number of carbonyl (C=O) groups excluding carboxylic acids is 1. The average Bonchev–Trinajstić information content (AvgIpc) is 3.30. The van der Waals surface area contributed by atoms with Gasteiger partial charge in [-0.2, -0.15) is 4.98 Å². The Morgan fingerprint density at radius 3 is 2.83 bits per heavy atom. The van der Waals surface area contributed by atoms with Crippen molar-refractivity contribution in [3.05, 3.63) is 46.3 Å². The van der Waals surface area contributed by atoms with Crippen LogP contribution in [0.25, 0.3) is 0 Å². The topological polar surface area (TPSA) is 82.7 Å². The first-order valence-corrected chi connectivity index (χ1v) is 10.2. The van der Waals surface area contributed by atoms with Crippen molar-refractivity contribution in [2.24, 2.45) is 0 Å². The molecule has 3 heterocycles. The lowest BCUT2D eigenvalue weighted by Crippen LogP contribution is -2.46. The summed E-state index contributed by atoms with van der Waals surface area (Å²) in [6.45, 7) is 3.59. The summed E-state index contributed by atoms with van der Waals surface area (Å²) in [5.74, 6) is 0.659. The Kier molecular flexibility index (Phi) is 5.85. The fraction of sp³-hybridized carbons (Fsp3) is 0.550. The number of aliphatic hydroxyl groups is 1. The Morgan fingerprint density at radius 1 is 1.38 bits per heavy atom. The van der Waals surface area contributed by atoms with Crippen molar-refractivity contribution in [1.82, 2.24) is 19.9 Å². The Hall–Kier alpha value is -2.03. The maximum Gasteiger partial charge on any atom is 0.244 e. The molecule has 2 fully saturated rings. The number of piperidine rings is 1. The number of hydrogen-bond acceptors (Lipinski definition) is 6. The van der Waals surface area contributed by atoms with Crippen LogP contribution in [0.2, 0.25) is 5.02 Å². The number of rotatable bonds is 4. The van der Waals surface area contributed by atoms with Gasteiger partial charge < -0.3 is 14.5 Å². The molecule has 0 saturated carbocycles. The van der Waals surface area contributed by atoms with Crippen LogP contribution < -0.4 is 0 Å². The minimum Gasteiger partial charge on any atom is -0.392 e. The number of halogens is 2. The molecule has 2 aliphatic rings. The third-order valence-corrected chi connectivity index (χ3v) is 6.18. The summed E-state index contributed by atoms with van der Waals surface area (Å²) in [4.78, 5) is 20.2. The van der Waals surface area contributed by atoms with Crippen molar-refractivity contribution < 1.29 is 18.8 Å². The van der Waals surface area contributed by atoms with Gasteiger partial charge in [0, 0.05) is 44.0 Å². The highest BCUT2D eigenvalue weighted by molar-refractivity contribution is 6.31. The highest BCUT2D eigenvalue weighted by atomic mass is 35.5. The van der Waals surface area contributed by atoms with Gasteiger partial charge in [-0.25, -0.2) is 4.39 Å². The average molecular weight is 423 g/mol. The Labute approximate surface area is 173 Å². The van der Waals surface area contributed by atoms with Gasteiger partial charge >= 0.3 is 0 Å². The predicted octanol–water partition coefficient (Wildman–Crippen LogP) is 2.57. The fourth-order valence-electron chi connectivity index (χ4n) is 4.31. The molecule has 4 rings (SSSR count). The predicted molar refractivity (Wildman–Crippen MR) is 104 cm³/mol. The molecule has 2 saturated heterocycles. The van der Waals surface area contributed by atoms with Crippen LogP contribution in [0.15, 0.2) is 22.7 Å². The first-order valence-electron chi connectivity index (χ1n) is 9.86. The van der Waals surface area contributed by atoms with Crippen molar-refractivity contribution >= 4 is 17.5 Å². The van der Waals surface area contributed by atoms with Crippen LogP contribution in [0.3, 0.4) is 0 Å². The zero-order valence-corrected chi connectivity index (χ0v) is 17.0. The van der Waals surface area contributed by atoms with E-state index in [-0.39, 0.29) is 23.8 Å². The molecular weight excluding hydrogens is 399 g/mol. The molecule has 2 atom stereocenters. The van der Waals surface area contributed by atoms with Crippen molar-refractivity contribution in [1.29, 1.82) is 0 Å². The minimum absolute atomic E-state index is 0.0995. The molecule has 2 unspecified atom stereocenters. The van der Waals surface area contributed by atoms with Gasteiger partial charge in [-0.15, -0.1) is 0 Å². The molecule has 9 heteroatoms. The lowest BCUT2D eigenvalue weighted by Gasteiger charge is -2.38. The van der Waals surface area contributed by atoms with Crippen molar-refractivity contribution in [3.63, 3.8) is 0 Å². The van der Waals surface area contributed by atoms with Crippen LogP contribution in [0.4, 0.5) is 4.39 Å². The first-order chi connectivity index (χ1) is 13.9.